The molecule has 1 atom stereocenters. The molecule has 2 aromatic rings. The summed E-state index contributed by atoms with van der Waals surface area (Å²) < 4.78 is 0. The van der Waals surface area contributed by atoms with E-state index >= 15 is 0 Å². The van der Waals surface area contributed by atoms with Crippen LogP contribution in [-0.4, -0.2) is 35.3 Å². The number of aliphatic imine (C=N–C) groups is 1. The average molecular weight is 399 g/mol. The van der Waals surface area contributed by atoms with Crippen LogP contribution in [0, 0.1) is 5.92 Å². The summed E-state index contributed by atoms with van der Waals surface area (Å²) in [5.41, 5.74) is 2.72. The molecule has 1 aliphatic heterocycles. The van der Waals surface area contributed by atoms with Crippen LogP contribution in [-0.2, 0) is 9.59 Å². The number of hydrogen-bond donors (Lipinski definition) is 1. The second kappa shape index (κ2) is 8.57. The summed E-state index contributed by atoms with van der Waals surface area (Å²) in [7, 11) is 0. The zero-order chi connectivity index (χ0) is 20.3. The number of carbonyl (C=O) groups excluding carboxylic acids is 1. The predicted octanol–water partition coefficient (Wildman–Crippen LogP) is 4.41. The SMILES string of the molecule is CCC(CC)C1N=C(c2ccccc2)c2cc(Cl)ccc2N(CC(=O)O)C1=O. The van der Waals surface area contributed by atoms with E-state index in [-0.39, 0.29) is 11.8 Å². The zero-order valence-corrected chi connectivity index (χ0v) is 16.7. The van der Waals surface area contributed by atoms with Crippen molar-refractivity contribution >= 4 is 34.9 Å². The summed E-state index contributed by atoms with van der Waals surface area (Å²) in [6.07, 6.45) is 1.55. The maximum absolute atomic E-state index is 13.4. The van der Waals surface area contributed by atoms with E-state index in [9.17, 15) is 14.7 Å². The molecule has 0 spiro atoms. The fourth-order valence-corrected chi connectivity index (χ4v) is 3.81. The largest absolute Gasteiger partial charge is 0.480 e. The summed E-state index contributed by atoms with van der Waals surface area (Å²) in [6.45, 7) is 3.63. The smallest absolute Gasteiger partial charge is 0.323 e. The first kappa shape index (κ1) is 20.1. The molecule has 28 heavy (non-hydrogen) atoms. The Bertz CT molecular complexity index is 907. The van der Waals surface area contributed by atoms with Gasteiger partial charge in [-0.05, 0) is 24.1 Å². The van der Waals surface area contributed by atoms with Crippen LogP contribution < -0.4 is 4.90 Å². The van der Waals surface area contributed by atoms with Gasteiger partial charge in [-0.2, -0.15) is 0 Å². The van der Waals surface area contributed by atoms with Crippen molar-refractivity contribution in [3.8, 4) is 0 Å². The predicted molar refractivity (Wildman–Crippen MR) is 111 cm³/mol. The van der Waals surface area contributed by atoms with E-state index in [1.54, 1.807) is 18.2 Å². The van der Waals surface area contributed by atoms with E-state index in [1.165, 1.54) is 4.90 Å². The number of carboxylic acid groups (broad SMARTS) is 1. The van der Waals surface area contributed by atoms with Gasteiger partial charge in [0.15, 0.2) is 0 Å². The van der Waals surface area contributed by atoms with Crippen molar-refractivity contribution in [2.45, 2.75) is 32.7 Å². The minimum Gasteiger partial charge on any atom is -0.480 e. The highest BCUT2D eigenvalue weighted by Crippen LogP contribution is 2.33. The Morgan fingerprint density at radius 2 is 1.86 bits per heavy atom. The van der Waals surface area contributed by atoms with Crippen molar-refractivity contribution < 1.29 is 14.7 Å². The highest BCUT2D eigenvalue weighted by molar-refractivity contribution is 6.32. The van der Waals surface area contributed by atoms with Crippen molar-refractivity contribution in [1.82, 2.24) is 0 Å². The maximum Gasteiger partial charge on any atom is 0.323 e. The standard InChI is InChI=1S/C22H23ClN2O3/c1-3-14(4-2)21-22(28)25(13-19(26)27)18-11-10-16(23)12-17(18)20(24-21)15-8-6-5-7-9-15/h5-12,14,21H,3-4,13H2,1-2H3,(H,26,27). The molecule has 0 saturated heterocycles. The molecule has 0 fully saturated rings. The lowest BCUT2D eigenvalue weighted by Gasteiger charge is -2.26. The monoisotopic (exact) mass is 398 g/mol. The second-order valence-corrected chi connectivity index (χ2v) is 7.28. The van der Waals surface area contributed by atoms with Gasteiger partial charge in [0, 0.05) is 16.1 Å². The van der Waals surface area contributed by atoms with Crippen LogP contribution >= 0.6 is 11.6 Å². The zero-order valence-electron chi connectivity index (χ0n) is 15.9. The number of benzene rings is 2. The number of nitrogens with zero attached hydrogens (tertiary/aromatic N) is 2. The molecule has 146 valence electrons. The van der Waals surface area contributed by atoms with Gasteiger partial charge >= 0.3 is 5.97 Å². The van der Waals surface area contributed by atoms with Crippen LogP contribution in [0.15, 0.2) is 53.5 Å². The number of anilines is 1. The summed E-state index contributed by atoms with van der Waals surface area (Å²) in [5.74, 6) is -1.33. The summed E-state index contributed by atoms with van der Waals surface area (Å²) >= 11 is 6.25. The molecular formula is C22H23ClN2O3. The van der Waals surface area contributed by atoms with Crippen LogP contribution in [0.1, 0.15) is 37.8 Å². The number of hydrogen-bond acceptors (Lipinski definition) is 3. The molecule has 1 unspecified atom stereocenters. The number of benzodiazepines with no additional fused rings is 1. The number of amides is 1. The minimum absolute atomic E-state index is 0.0206. The fraction of sp³-hybridized carbons (Fsp3) is 0.318. The number of carbonyl (C=O) groups is 2. The van der Waals surface area contributed by atoms with Gasteiger partial charge in [0.25, 0.3) is 5.91 Å². The van der Waals surface area contributed by atoms with E-state index < -0.39 is 18.6 Å². The van der Waals surface area contributed by atoms with Crippen LogP contribution in [0.25, 0.3) is 0 Å². The van der Waals surface area contributed by atoms with Gasteiger partial charge in [0.1, 0.15) is 12.6 Å². The molecule has 1 heterocycles. The number of carboxylic acids is 1. The quantitative estimate of drug-likeness (QED) is 0.783. The summed E-state index contributed by atoms with van der Waals surface area (Å²) in [6, 6.07) is 14.1. The number of fused-ring (bicyclic) bond motifs is 1. The van der Waals surface area contributed by atoms with Gasteiger partial charge in [-0.3, -0.25) is 19.5 Å². The molecular weight excluding hydrogens is 376 g/mol. The number of rotatable bonds is 6. The highest BCUT2D eigenvalue weighted by atomic mass is 35.5. The molecule has 2 aromatic carbocycles. The first-order valence-electron chi connectivity index (χ1n) is 9.42. The van der Waals surface area contributed by atoms with E-state index in [2.05, 4.69) is 0 Å². The molecule has 0 bridgehead atoms. The van der Waals surface area contributed by atoms with Gasteiger partial charge in [0.2, 0.25) is 0 Å². The van der Waals surface area contributed by atoms with Crippen LogP contribution in [0.5, 0.6) is 0 Å². The molecule has 5 nitrogen and oxygen atoms in total. The lowest BCUT2D eigenvalue weighted by Crippen LogP contribution is -2.43. The van der Waals surface area contributed by atoms with Crippen LogP contribution in [0.2, 0.25) is 5.02 Å². The minimum atomic E-state index is -1.07. The van der Waals surface area contributed by atoms with Crippen molar-refractivity contribution in [2.75, 3.05) is 11.4 Å². The van der Waals surface area contributed by atoms with Crippen LogP contribution in [0.4, 0.5) is 5.69 Å². The molecule has 0 saturated carbocycles. The van der Waals surface area contributed by atoms with Crippen molar-refractivity contribution in [3.63, 3.8) is 0 Å². The van der Waals surface area contributed by atoms with Gasteiger partial charge in [0.05, 0.1) is 11.4 Å². The lowest BCUT2D eigenvalue weighted by atomic mass is 9.93. The van der Waals surface area contributed by atoms with E-state index in [1.807, 2.05) is 44.2 Å². The Morgan fingerprint density at radius 3 is 2.46 bits per heavy atom. The third-order valence-electron chi connectivity index (χ3n) is 5.13. The van der Waals surface area contributed by atoms with Crippen molar-refractivity contribution in [1.29, 1.82) is 0 Å². The van der Waals surface area contributed by atoms with Gasteiger partial charge in [-0.1, -0.05) is 68.6 Å². The third kappa shape index (κ3) is 3.94. The van der Waals surface area contributed by atoms with Gasteiger partial charge < -0.3 is 5.11 Å². The average Bonchev–Trinajstić information content (AvgIpc) is 2.79. The van der Waals surface area contributed by atoms with Crippen molar-refractivity contribution in [2.24, 2.45) is 10.9 Å². The summed E-state index contributed by atoms with van der Waals surface area (Å²) in [5, 5.41) is 9.93. The van der Waals surface area contributed by atoms with E-state index in [4.69, 9.17) is 16.6 Å². The Balaban J connectivity index is 2.28. The maximum atomic E-state index is 13.4. The van der Waals surface area contributed by atoms with Crippen molar-refractivity contribution in [3.05, 3.63) is 64.7 Å². The van der Waals surface area contributed by atoms with Crippen LogP contribution in [0.3, 0.4) is 0 Å². The molecule has 6 heteroatoms. The Kier molecular flexibility index (Phi) is 6.15. The molecule has 1 N–H and O–H groups in total. The Labute approximate surface area is 169 Å². The molecule has 0 aliphatic carbocycles. The molecule has 0 aromatic heterocycles. The lowest BCUT2D eigenvalue weighted by molar-refractivity contribution is -0.137. The summed E-state index contributed by atoms with van der Waals surface area (Å²) in [4.78, 5) is 31.1. The molecule has 3 rings (SSSR count). The Morgan fingerprint density at radius 1 is 1.18 bits per heavy atom. The van der Waals surface area contributed by atoms with E-state index in [0.29, 0.717) is 22.0 Å². The van der Waals surface area contributed by atoms with E-state index in [0.717, 1.165) is 18.4 Å². The number of aliphatic carboxylic acids is 1. The molecule has 1 aliphatic rings. The first-order valence-corrected chi connectivity index (χ1v) is 9.80. The second-order valence-electron chi connectivity index (χ2n) is 6.84. The molecule has 1 amide bonds. The number of halogens is 1. The molecule has 0 radical (unpaired) electrons. The van der Waals surface area contributed by atoms with Gasteiger partial charge in [-0.15, -0.1) is 0 Å². The van der Waals surface area contributed by atoms with Gasteiger partial charge in [-0.25, -0.2) is 0 Å². The fourth-order valence-electron chi connectivity index (χ4n) is 3.64. The topological polar surface area (TPSA) is 70.0 Å². The first-order chi connectivity index (χ1) is 13.5. The third-order valence-corrected chi connectivity index (χ3v) is 5.36. The normalized spacial score (nSPS) is 16.6. The Hall–Kier alpha value is -2.66. The highest BCUT2D eigenvalue weighted by Gasteiger charge is 2.36.